The van der Waals surface area contributed by atoms with Crippen molar-refractivity contribution in [1.29, 1.82) is 0 Å². The molecule has 0 radical (unpaired) electrons. The number of rotatable bonds is 1. The minimum absolute atomic E-state index is 0.00514. The molecular formula is C10H11F2NOS. The molecule has 1 aliphatic heterocycles. The summed E-state index contributed by atoms with van der Waals surface area (Å²) in [5.41, 5.74) is 0.00514. The van der Waals surface area contributed by atoms with Crippen molar-refractivity contribution < 1.29 is 13.0 Å². The summed E-state index contributed by atoms with van der Waals surface area (Å²) in [4.78, 5) is 0. The summed E-state index contributed by atoms with van der Waals surface area (Å²) in [5.74, 6) is -0.331. The molecule has 2 unspecified atom stereocenters. The van der Waals surface area contributed by atoms with Gasteiger partial charge in [-0.25, -0.2) is 8.78 Å². The molecule has 1 N–H and O–H groups in total. The molecule has 0 bridgehead atoms. The van der Waals surface area contributed by atoms with Crippen molar-refractivity contribution in [1.82, 2.24) is 5.32 Å². The highest BCUT2D eigenvalue weighted by Gasteiger charge is 2.24. The Labute approximate surface area is 89.1 Å². The Balaban J connectivity index is 2.32. The molecular weight excluding hydrogens is 220 g/mol. The molecule has 0 aliphatic carbocycles. The predicted molar refractivity (Wildman–Crippen MR) is 55.0 cm³/mol. The van der Waals surface area contributed by atoms with E-state index in [9.17, 15) is 13.0 Å². The van der Waals surface area contributed by atoms with E-state index in [4.69, 9.17) is 0 Å². The molecule has 2 nitrogen and oxygen atoms in total. The molecule has 0 saturated carbocycles. The fourth-order valence-electron chi connectivity index (χ4n) is 1.70. The standard InChI is InChI=1S/C10H11F2NOS/c11-7-2-1-3-8(12)10(7)9-6-15(14)5-4-13-9/h1-3,9,13H,4-6H2. The van der Waals surface area contributed by atoms with Gasteiger partial charge in [0.2, 0.25) is 0 Å². The fourth-order valence-corrected chi connectivity index (χ4v) is 2.87. The average Bonchev–Trinajstić information content (AvgIpc) is 2.17. The van der Waals surface area contributed by atoms with Gasteiger partial charge >= 0.3 is 0 Å². The van der Waals surface area contributed by atoms with Crippen LogP contribution in [0, 0.1) is 11.6 Å². The molecule has 82 valence electrons. The van der Waals surface area contributed by atoms with Crippen LogP contribution in [0.15, 0.2) is 18.2 Å². The number of benzene rings is 1. The third-order valence-electron chi connectivity index (χ3n) is 2.42. The minimum atomic E-state index is -0.983. The largest absolute Gasteiger partial charge is 0.308 e. The van der Waals surface area contributed by atoms with E-state index in [0.717, 1.165) is 0 Å². The van der Waals surface area contributed by atoms with E-state index in [0.29, 0.717) is 12.3 Å². The molecule has 5 heteroatoms. The lowest BCUT2D eigenvalue weighted by atomic mass is 10.1. The molecule has 1 aromatic carbocycles. The quantitative estimate of drug-likeness (QED) is 0.790. The first-order valence-corrected chi connectivity index (χ1v) is 6.19. The maximum absolute atomic E-state index is 13.4. The van der Waals surface area contributed by atoms with Crippen molar-refractivity contribution in [2.45, 2.75) is 6.04 Å². The Bertz CT molecular complexity index is 377. The molecule has 1 aliphatic rings. The molecule has 1 aromatic rings. The Morgan fingerprint density at radius 1 is 1.33 bits per heavy atom. The van der Waals surface area contributed by atoms with Gasteiger partial charge in [-0.15, -0.1) is 0 Å². The van der Waals surface area contributed by atoms with Crippen LogP contribution in [0.2, 0.25) is 0 Å². The third kappa shape index (κ3) is 2.23. The van der Waals surface area contributed by atoms with Gasteiger partial charge in [-0.1, -0.05) is 6.07 Å². The Hall–Kier alpha value is -0.810. The molecule has 0 amide bonds. The van der Waals surface area contributed by atoms with Crippen LogP contribution in [-0.2, 0) is 10.8 Å². The molecule has 0 spiro atoms. The van der Waals surface area contributed by atoms with Crippen LogP contribution in [0.3, 0.4) is 0 Å². The zero-order valence-corrected chi connectivity index (χ0v) is 8.82. The zero-order valence-electron chi connectivity index (χ0n) is 8.00. The number of hydrogen-bond donors (Lipinski definition) is 1. The van der Waals surface area contributed by atoms with E-state index in [2.05, 4.69) is 5.32 Å². The van der Waals surface area contributed by atoms with Crippen LogP contribution < -0.4 is 5.32 Å². The van der Waals surface area contributed by atoms with Gasteiger partial charge in [-0.3, -0.25) is 4.21 Å². The van der Waals surface area contributed by atoms with Crippen LogP contribution in [-0.4, -0.2) is 22.3 Å². The number of nitrogens with one attached hydrogen (secondary N) is 1. The van der Waals surface area contributed by atoms with E-state index in [1.807, 2.05) is 0 Å². The smallest absolute Gasteiger partial charge is 0.130 e. The topological polar surface area (TPSA) is 29.1 Å². The van der Waals surface area contributed by atoms with Crippen molar-refractivity contribution in [2.24, 2.45) is 0 Å². The number of halogens is 2. The summed E-state index contributed by atoms with van der Waals surface area (Å²) in [7, 11) is -0.983. The molecule has 2 rings (SSSR count). The van der Waals surface area contributed by atoms with Crippen molar-refractivity contribution >= 4 is 10.8 Å². The molecule has 1 saturated heterocycles. The molecule has 1 heterocycles. The lowest BCUT2D eigenvalue weighted by Crippen LogP contribution is -2.37. The van der Waals surface area contributed by atoms with Crippen LogP contribution in [0.25, 0.3) is 0 Å². The highest BCUT2D eigenvalue weighted by Crippen LogP contribution is 2.23. The summed E-state index contributed by atoms with van der Waals surface area (Å²) in [6.45, 7) is 0.533. The maximum Gasteiger partial charge on any atom is 0.130 e. The lowest BCUT2D eigenvalue weighted by Gasteiger charge is -2.24. The van der Waals surface area contributed by atoms with Crippen LogP contribution in [0.4, 0.5) is 8.78 Å². The summed E-state index contributed by atoms with van der Waals surface area (Å²) in [6, 6.07) is 3.30. The summed E-state index contributed by atoms with van der Waals surface area (Å²) in [5, 5.41) is 2.97. The molecule has 0 aromatic heterocycles. The van der Waals surface area contributed by atoms with Crippen LogP contribution >= 0.6 is 0 Å². The maximum atomic E-state index is 13.4. The average molecular weight is 231 g/mol. The van der Waals surface area contributed by atoms with Gasteiger partial charge < -0.3 is 5.32 Å². The molecule has 2 atom stereocenters. The fraction of sp³-hybridized carbons (Fsp3) is 0.400. The summed E-state index contributed by atoms with van der Waals surface area (Å²) >= 11 is 0. The van der Waals surface area contributed by atoms with Crippen molar-refractivity contribution in [3.63, 3.8) is 0 Å². The van der Waals surface area contributed by atoms with E-state index >= 15 is 0 Å². The first-order chi connectivity index (χ1) is 7.18. The first kappa shape index (κ1) is 10.7. The van der Waals surface area contributed by atoms with Gasteiger partial charge in [-0.2, -0.15) is 0 Å². The SMILES string of the molecule is O=S1CCNC(c2c(F)cccc2F)C1. The van der Waals surface area contributed by atoms with Gasteiger partial charge in [0.25, 0.3) is 0 Å². The van der Waals surface area contributed by atoms with Gasteiger partial charge in [0.15, 0.2) is 0 Å². The van der Waals surface area contributed by atoms with E-state index in [1.54, 1.807) is 0 Å². The van der Waals surface area contributed by atoms with E-state index in [-0.39, 0.29) is 11.3 Å². The monoisotopic (exact) mass is 231 g/mol. The van der Waals surface area contributed by atoms with Gasteiger partial charge in [-0.05, 0) is 12.1 Å². The van der Waals surface area contributed by atoms with Gasteiger partial charge in [0.05, 0.1) is 0 Å². The van der Waals surface area contributed by atoms with Crippen molar-refractivity contribution in [3.8, 4) is 0 Å². The minimum Gasteiger partial charge on any atom is -0.308 e. The highest BCUT2D eigenvalue weighted by molar-refractivity contribution is 7.85. The molecule has 1 fully saturated rings. The lowest BCUT2D eigenvalue weighted by molar-refractivity contribution is 0.490. The normalized spacial score (nSPS) is 26.5. The van der Waals surface area contributed by atoms with Crippen molar-refractivity contribution in [2.75, 3.05) is 18.1 Å². The van der Waals surface area contributed by atoms with E-state index in [1.165, 1.54) is 18.2 Å². The second kappa shape index (κ2) is 4.37. The first-order valence-electron chi connectivity index (χ1n) is 4.71. The number of hydrogen-bond acceptors (Lipinski definition) is 2. The predicted octanol–water partition coefficient (Wildman–Crippen LogP) is 1.36. The van der Waals surface area contributed by atoms with E-state index < -0.39 is 28.5 Å². The zero-order chi connectivity index (χ0) is 10.8. The highest BCUT2D eigenvalue weighted by atomic mass is 32.2. The molecule has 15 heavy (non-hydrogen) atoms. The summed E-state index contributed by atoms with van der Waals surface area (Å²) in [6.07, 6.45) is 0. The van der Waals surface area contributed by atoms with Crippen LogP contribution in [0.5, 0.6) is 0 Å². The Kier molecular flexibility index (Phi) is 3.11. The third-order valence-corrected chi connectivity index (χ3v) is 3.79. The van der Waals surface area contributed by atoms with Gasteiger partial charge in [0.1, 0.15) is 11.6 Å². The Morgan fingerprint density at radius 3 is 2.60 bits per heavy atom. The second-order valence-electron chi connectivity index (χ2n) is 3.45. The second-order valence-corrected chi connectivity index (χ2v) is 5.07. The van der Waals surface area contributed by atoms with Crippen LogP contribution in [0.1, 0.15) is 11.6 Å². The van der Waals surface area contributed by atoms with Crippen molar-refractivity contribution in [3.05, 3.63) is 35.4 Å². The van der Waals surface area contributed by atoms with Gasteiger partial charge in [0, 0.05) is 40.5 Å². The Morgan fingerprint density at radius 2 is 2.00 bits per heavy atom. The summed E-state index contributed by atoms with van der Waals surface area (Å²) < 4.78 is 38.1.